The third-order valence-corrected chi connectivity index (χ3v) is 6.54. The molecule has 1 aliphatic rings. The Bertz CT molecular complexity index is 1080. The van der Waals surface area contributed by atoms with Crippen molar-refractivity contribution in [2.45, 2.75) is 53.0 Å². The summed E-state index contributed by atoms with van der Waals surface area (Å²) in [6.45, 7) is 15.6. The number of ether oxygens (including phenoxy) is 2. The van der Waals surface area contributed by atoms with E-state index in [2.05, 4.69) is 68.5 Å². The van der Waals surface area contributed by atoms with Gasteiger partial charge < -0.3 is 14.0 Å². The van der Waals surface area contributed by atoms with Gasteiger partial charge in [0.05, 0.1) is 42.6 Å². The second kappa shape index (κ2) is 9.59. The van der Waals surface area contributed by atoms with E-state index < -0.39 is 0 Å². The van der Waals surface area contributed by atoms with Gasteiger partial charge in [0.15, 0.2) is 0 Å². The van der Waals surface area contributed by atoms with Gasteiger partial charge in [0.1, 0.15) is 0 Å². The van der Waals surface area contributed by atoms with Gasteiger partial charge in [0.2, 0.25) is 5.88 Å². The van der Waals surface area contributed by atoms with E-state index in [9.17, 15) is 0 Å². The quantitative estimate of drug-likeness (QED) is 0.514. The zero-order valence-corrected chi connectivity index (χ0v) is 20.3. The van der Waals surface area contributed by atoms with E-state index in [1.807, 2.05) is 0 Å². The average molecular weight is 437 g/mol. The van der Waals surface area contributed by atoms with Crippen LogP contribution in [0.15, 0.2) is 24.4 Å². The van der Waals surface area contributed by atoms with E-state index >= 15 is 0 Å². The number of rotatable bonds is 7. The number of aromatic nitrogens is 3. The summed E-state index contributed by atoms with van der Waals surface area (Å²) >= 11 is 0. The zero-order chi connectivity index (χ0) is 22.8. The number of hydrogen-bond donors (Lipinski definition) is 0. The third-order valence-electron chi connectivity index (χ3n) is 6.54. The minimum absolute atomic E-state index is 0.350. The number of hydrogen-bond acceptors (Lipinski definition) is 5. The van der Waals surface area contributed by atoms with Gasteiger partial charge in [0, 0.05) is 37.6 Å². The first-order valence-corrected chi connectivity index (χ1v) is 11.8. The number of nitrogens with zero attached hydrogens (tertiary/aromatic N) is 4. The van der Waals surface area contributed by atoms with Crippen LogP contribution < -0.4 is 4.74 Å². The van der Waals surface area contributed by atoms with Crippen molar-refractivity contribution in [2.24, 2.45) is 0 Å². The monoisotopic (exact) mass is 436 g/mol. The lowest BCUT2D eigenvalue weighted by Gasteiger charge is -2.31. The van der Waals surface area contributed by atoms with Crippen LogP contribution in [-0.4, -0.2) is 59.4 Å². The van der Waals surface area contributed by atoms with Crippen LogP contribution in [0.25, 0.3) is 22.3 Å². The molecule has 6 nitrogen and oxygen atoms in total. The summed E-state index contributed by atoms with van der Waals surface area (Å²) in [6, 6.07) is 6.88. The van der Waals surface area contributed by atoms with Gasteiger partial charge in [-0.25, -0.2) is 9.97 Å². The lowest BCUT2D eigenvalue weighted by atomic mass is 10.0. The fraction of sp³-hybridized carbons (Fsp3) is 0.538. The van der Waals surface area contributed by atoms with Gasteiger partial charge in [-0.15, -0.1) is 0 Å². The molecule has 1 aliphatic heterocycles. The van der Waals surface area contributed by atoms with Crippen molar-refractivity contribution in [3.63, 3.8) is 0 Å². The molecule has 0 spiro atoms. The molecule has 4 heterocycles. The van der Waals surface area contributed by atoms with Crippen molar-refractivity contribution in [3.05, 3.63) is 41.2 Å². The van der Waals surface area contributed by atoms with Gasteiger partial charge >= 0.3 is 0 Å². The van der Waals surface area contributed by atoms with Gasteiger partial charge in [-0.05, 0) is 55.5 Å². The van der Waals surface area contributed by atoms with Gasteiger partial charge in [-0.1, -0.05) is 20.8 Å². The molecule has 0 radical (unpaired) electrons. The SMILES string of the molecule is CC[C@H](CN1CCOCC1)n1cc(C)c2nc(-c3ccc(C(C)C)nc3OC)c(C)cc21. The highest BCUT2D eigenvalue weighted by Gasteiger charge is 2.21. The van der Waals surface area contributed by atoms with E-state index in [4.69, 9.17) is 19.4 Å². The van der Waals surface area contributed by atoms with Crippen molar-refractivity contribution in [3.8, 4) is 17.1 Å². The summed E-state index contributed by atoms with van der Waals surface area (Å²) < 4.78 is 13.6. The normalized spacial score (nSPS) is 16.1. The number of aryl methyl sites for hydroxylation is 2. The summed E-state index contributed by atoms with van der Waals surface area (Å²) in [4.78, 5) is 12.4. The van der Waals surface area contributed by atoms with Crippen molar-refractivity contribution >= 4 is 11.0 Å². The van der Waals surface area contributed by atoms with Gasteiger partial charge in [-0.3, -0.25) is 4.90 Å². The predicted molar refractivity (Wildman–Crippen MR) is 130 cm³/mol. The first kappa shape index (κ1) is 22.7. The lowest BCUT2D eigenvalue weighted by Crippen LogP contribution is -2.39. The molecule has 0 aliphatic carbocycles. The molecule has 3 aromatic rings. The van der Waals surface area contributed by atoms with Crippen molar-refractivity contribution in [2.75, 3.05) is 40.0 Å². The van der Waals surface area contributed by atoms with E-state index in [1.165, 1.54) is 11.1 Å². The number of fused-ring (bicyclic) bond motifs is 1. The largest absolute Gasteiger partial charge is 0.480 e. The highest BCUT2D eigenvalue weighted by Crippen LogP contribution is 2.34. The molecule has 0 bridgehead atoms. The molecule has 0 aromatic carbocycles. The molecule has 4 rings (SSSR count). The maximum absolute atomic E-state index is 5.66. The fourth-order valence-corrected chi connectivity index (χ4v) is 4.61. The van der Waals surface area contributed by atoms with Crippen molar-refractivity contribution in [1.29, 1.82) is 0 Å². The fourth-order valence-electron chi connectivity index (χ4n) is 4.61. The molecule has 0 saturated carbocycles. The Morgan fingerprint density at radius 1 is 1.09 bits per heavy atom. The van der Waals surface area contributed by atoms with Crippen LogP contribution in [0.1, 0.15) is 56.0 Å². The molecule has 3 aromatic heterocycles. The summed E-state index contributed by atoms with van der Waals surface area (Å²) in [7, 11) is 1.68. The second-order valence-electron chi connectivity index (χ2n) is 9.16. The minimum Gasteiger partial charge on any atom is -0.480 e. The highest BCUT2D eigenvalue weighted by molar-refractivity contribution is 5.85. The Hall–Kier alpha value is -2.44. The predicted octanol–water partition coefficient (Wildman–Crippen LogP) is 5.13. The van der Waals surface area contributed by atoms with Crippen LogP contribution in [0, 0.1) is 13.8 Å². The summed E-state index contributed by atoms with van der Waals surface area (Å²) in [5.74, 6) is 0.991. The lowest BCUT2D eigenvalue weighted by molar-refractivity contribution is 0.0315. The van der Waals surface area contributed by atoms with E-state index in [-0.39, 0.29) is 0 Å². The molecular formula is C26H36N4O2. The highest BCUT2D eigenvalue weighted by atomic mass is 16.5. The third kappa shape index (κ3) is 4.39. The van der Waals surface area contributed by atoms with Gasteiger partial charge in [0.25, 0.3) is 0 Å². The Balaban J connectivity index is 1.74. The summed E-state index contributed by atoms with van der Waals surface area (Å²) in [6.07, 6.45) is 3.35. The van der Waals surface area contributed by atoms with Crippen LogP contribution in [0.2, 0.25) is 0 Å². The Morgan fingerprint density at radius 2 is 1.84 bits per heavy atom. The Morgan fingerprint density at radius 3 is 2.50 bits per heavy atom. The molecule has 32 heavy (non-hydrogen) atoms. The Labute approximate surface area is 191 Å². The number of pyridine rings is 2. The van der Waals surface area contributed by atoms with Crippen LogP contribution in [0.3, 0.4) is 0 Å². The number of morpholine rings is 1. The zero-order valence-electron chi connectivity index (χ0n) is 20.3. The molecule has 0 N–H and O–H groups in total. The number of methoxy groups -OCH3 is 1. The molecule has 1 atom stereocenters. The topological polar surface area (TPSA) is 52.4 Å². The summed E-state index contributed by atoms with van der Waals surface area (Å²) in [5.41, 5.74) is 7.52. The van der Waals surface area contributed by atoms with E-state index in [0.29, 0.717) is 17.8 Å². The molecule has 0 amide bonds. The molecule has 172 valence electrons. The molecule has 1 fully saturated rings. The van der Waals surface area contributed by atoms with Crippen LogP contribution >= 0.6 is 0 Å². The van der Waals surface area contributed by atoms with E-state index in [1.54, 1.807) is 7.11 Å². The van der Waals surface area contributed by atoms with Gasteiger partial charge in [-0.2, -0.15) is 0 Å². The van der Waals surface area contributed by atoms with Crippen LogP contribution in [-0.2, 0) is 4.74 Å². The first-order valence-electron chi connectivity index (χ1n) is 11.8. The van der Waals surface area contributed by atoms with E-state index in [0.717, 1.165) is 67.3 Å². The molecule has 1 saturated heterocycles. The summed E-state index contributed by atoms with van der Waals surface area (Å²) in [5, 5.41) is 0. The standard InChI is InChI=1S/C26H36N4O2/c1-7-20(16-29-10-12-32-13-11-29)30-15-19(5)25-23(30)14-18(4)24(28-25)21-8-9-22(17(2)3)27-26(21)31-6/h8-9,14-15,17,20H,7,10-13,16H2,1-6H3/t20-/m1/s1. The van der Waals surface area contributed by atoms with Crippen LogP contribution in [0.5, 0.6) is 5.88 Å². The Kier molecular flexibility index (Phi) is 6.82. The molecular weight excluding hydrogens is 400 g/mol. The first-order chi connectivity index (χ1) is 15.4. The molecule has 0 unspecified atom stereocenters. The second-order valence-corrected chi connectivity index (χ2v) is 9.16. The van der Waals surface area contributed by atoms with Crippen molar-refractivity contribution < 1.29 is 9.47 Å². The van der Waals surface area contributed by atoms with Crippen molar-refractivity contribution in [1.82, 2.24) is 19.4 Å². The smallest absolute Gasteiger partial charge is 0.222 e. The average Bonchev–Trinajstić information content (AvgIpc) is 3.12. The van der Waals surface area contributed by atoms with Crippen LogP contribution in [0.4, 0.5) is 0 Å². The maximum Gasteiger partial charge on any atom is 0.222 e. The molecule has 6 heteroatoms. The maximum atomic E-state index is 5.66. The minimum atomic E-state index is 0.350.